The summed E-state index contributed by atoms with van der Waals surface area (Å²) in [6.45, 7) is 6.63. The van der Waals surface area contributed by atoms with E-state index in [1.165, 1.54) is 0 Å². The van der Waals surface area contributed by atoms with E-state index in [0.29, 0.717) is 13.0 Å². The lowest BCUT2D eigenvalue weighted by molar-refractivity contribution is -0.127. The van der Waals surface area contributed by atoms with Crippen molar-refractivity contribution in [2.75, 3.05) is 12.3 Å². The lowest BCUT2D eigenvalue weighted by Gasteiger charge is -2.18. The number of hydrogen-bond acceptors (Lipinski definition) is 4. The first-order chi connectivity index (χ1) is 11.6. The van der Waals surface area contributed by atoms with Crippen LogP contribution in [-0.2, 0) is 10.5 Å². The molecule has 0 saturated carbocycles. The van der Waals surface area contributed by atoms with Gasteiger partial charge in [-0.05, 0) is 55.7 Å². The Morgan fingerprint density at radius 2 is 2.04 bits per heavy atom. The Kier molecular flexibility index (Phi) is 7.25. The molecule has 1 unspecified atom stereocenters. The van der Waals surface area contributed by atoms with Crippen LogP contribution in [-0.4, -0.2) is 24.3 Å². The third kappa shape index (κ3) is 5.96. The van der Waals surface area contributed by atoms with Gasteiger partial charge in [-0.1, -0.05) is 13.0 Å². The second-order valence-corrected chi connectivity index (χ2v) is 6.87. The smallest absolute Gasteiger partial charge is 0.261 e. The minimum Gasteiger partial charge on any atom is -0.481 e. The number of ether oxygens (including phenoxy) is 1. The lowest BCUT2D eigenvalue weighted by atomic mass is 10.1. The lowest BCUT2D eigenvalue weighted by Crippen LogP contribution is -2.39. The van der Waals surface area contributed by atoms with Gasteiger partial charge in [-0.15, -0.1) is 0 Å². The van der Waals surface area contributed by atoms with Gasteiger partial charge in [-0.2, -0.15) is 11.8 Å². The maximum atomic E-state index is 12.3. The van der Waals surface area contributed by atoms with Gasteiger partial charge in [0.25, 0.3) is 5.91 Å². The molecule has 0 fully saturated rings. The molecule has 1 N–H and O–H groups in total. The Bertz CT molecular complexity index is 620. The number of benzene rings is 1. The maximum Gasteiger partial charge on any atom is 0.261 e. The standard InChI is InChI=1S/C19H25NO3S/c1-4-18(23-17-11-14(2)10-15(3)12-17)19(21)20-7-9-24-13-16-6-5-8-22-16/h5-6,8,10-12,18H,4,7,9,13H2,1-3H3,(H,20,21). The predicted octanol–water partition coefficient (Wildman–Crippen LogP) is 4.10. The van der Waals surface area contributed by atoms with Crippen LogP contribution in [0.1, 0.15) is 30.2 Å². The topological polar surface area (TPSA) is 51.5 Å². The average molecular weight is 347 g/mol. The molecule has 130 valence electrons. The minimum absolute atomic E-state index is 0.0599. The number of rotatable bonds is 9. The molecular weight excluding hydrogens is 322 g/mol. The zero-order valence-electron chi connectivity index (χ0n) is 14.5. The molecule has 5 heteroatoms. The molecule has 4 nitrogen and oxygen atoms in total. The van der Waals surface area contributed by atoms with E-state index in [4.69, 9.17) is 9.15 Å². The third-order valence-corrected chi connectivity index (χ3v) is 4.49. The van der Waals surface area contributed by atoms with E-state index in [0.717, 1.165) is 34.1 Å². The quantitative estimate of drug-likeness (QED) is 0.694. The highest BCUT2D eigenvalue weighted by molar-refractivity contribution is 7.98. The van der Waals surface area contributed by atoms with Crippen LogP contribution in [0.5, 0.6) is 5.75 Å². The molecule has 2 rings (SSSR count). The van der Waals surface area contributed by atoms with Gasteiger partial charge in [-0.25, -0.2) is 0 Å². The highest BCUT2D eigenvalue weighted by atomic mass is 32.2. The first kappa shape index (κ1) is 18.5. The van der Waals surface area contributed by atoms with Crippen molar-refractivity contribution in [3.8, 4) is 5.75 Å². The van der Waals surface area contributed by atoms with Gasteiger partial charge in [-0.3, -0.25) is 4.79 Å². The van der Waals surface area contributed by atoms with Crippen LogP contribution in [0.3, 0.4) is 0 Å². The molecule has 0 bridgehead atoms. The fraction of sp³-hybridized carbons (Fsp3) is 0.421. The van der Waals surface area contributed by atoms with Gasteiger partial charge in [0, 0.05) is 12.3 Å². The summed E-state index contributed by atoms with van der Waals surface area (Å²) in [6, 6.07) is 9.85. The van der Waals surface area contributed by atoms with Crippen molar-refractivity contribution in [3.05, 3.63) is 53.5 Å². The summed E-state index contributed by atoms with van der Waals surface area (Å²) >= 11 is 1.73. The van der Waals surface area contributed by atoms with Crippen LogP contribution in [0.25, 0.3) is 0 Å². The summed E-state index contributed by atoms with van der Waals surface area (Å²) in [7, 11) is 0. The summed E-state index contributed by atoms with van der Waals surface area (Å²) < 4.78 is 11.1. The highest BCUT2D eigenvalue weighted by Gasteiger charge is 2.18. The summed E-state index contributed by atoms with van der Waals surface area (Å²) in [5.41, 5.74) is 2.27. The predicted molar refractivity (Wildman–Crippen MR) is 98.5 cm³/mol. The number of hydrogen-bond donors (Lipinski definition) is 1. The monoisotopic (exact) mass is 347 g/mol. The molecule has 0 aliphatic rings. The molecule has 1 aromatic heterocycles. The fourth-order valence-corrected chi connectivity index (χ4v) is 3.17. The first-order valence-electron chi connectivity index (χ1n) is 8.21. The minimum atomic E-state index is -0.457. The Morgan fingerprint density at radius 3 is 2.67 bits per heavy atom. The zero-order valence-corrected chi connectivity index (χ0v) is 15.3. The van der Waals surface area contributed by atoms with Gasteiger partial charge in [0.15, 0.2) is 6.10 Å². The van der Waals surface area contributed by atoms with Gasteiger partial charge >= 0.3 is 0 Å². The van der Waals surface area contributed by atoms with E-state index in [2.05, 4.69) is 11.4 Å². The normalized spacial score (nSPS) is 12.0. The van der Waals surface area contributed by atoms with Crippen molar-refractivity contribution in [1.29, 1.82) is 0 Å². The number of amides is 1. The van der Waals surface area contributed by atoms with Crippen LogP contribution in [0.15, 0.2) is 41.0 Å². The molecule has 0 spiro atoms. The second-order valence-electron chi connectivity index (χ2n) is 5.76. The van der Waals surface area contributed by atoms with E-state index in [-0.39, 0.29) is 5.91 Å². The van der Waals surface area contributed by atoms with Crippen LogP contribution in [0.4, 0.5) is 0 Å². The molecule has 2 aromatic rings. The van der Waals surface area contributed by atoms with Crippen molar-refractivity contribution < 1.29 is 13.9 Å². The van der Waals surface area contributed by atoms with Crippen molar-refractivity contribution in [2.45, 2.75) is 39.0 Å². The Morgan fingerprint density at radius 1 is 1.29 bits per heavy atom. The second kappa shape index (κ2) is 9.42. The van der Waals surface area contributed by atoms with Crippen LogP contribution in [0, 0.1) is 13.8 Å². The van der Waals surface area contributed by atoms with Crippen LogP contribution >= 0.6 is 11.8 Å². The number of furan rings is 1. The van der Waals surface area contributed by atoms with E-state index >= 15 is 0 Å². The molecule has 1 amide bonds. The molecule has 1 heterocycles. The Balaban J connectivity index is 1.74. The molecular formula is C19H25NO3S. The maximum absolute atomic E-state index is 12.3. The third-order valence-electron chi connectivity index (χ3n) is 3.51. The van der Waals surface area contributed by atoms with Crippen molar-refractivity contribution in [2.24, 2.45) is 0 Å². The number of aryl methyl sites for hydroxylation is 2. The van der Waals surface area contributed by atoms with E-state index in [9.17, 15) is 4.79 Å². The van der Waals surface area contributed by atoms with Crippen LogP contribution in [0.2, 0.25) is 0 Å². The molecule has 0 radical (unpaired) electrons. The van der Waals surface area contributed by atoms with E-state index < -0.39 is 6.10 Å². The van der Waals surface area contributed by atoms with Gasteiger partial charge in [0.1, 0.15) is 11.5 Å². The van der Waals surface area contributed by atoms with E-state index in [1.54, 1.807) is 18.0 Å². The molecule has 0 aliphatic heterocycles. The zero-order chi connectivity index (χ0) is 17.4. The van der Waals surface area contributed by atoms with Crippen molar-refractivity contribution >= 4 is 17.7 Å². The summed E-state index contributed by atoms with van der Waals surface area (Å²) in [5, 5.41) is 2.95. The summed E-state index contributed by atoms with van der Waals surface area (Å²) in [5.74, 6) is 3.30. The number of carbonyl (C=O) groups excluding carboxylic acids is 1. The van der Waals surface area contributed by atoms with Gasteiger partial charge < -0.3 is 14.5 Å². The van der Waals surface area contributed by atoms with Gasteiger partial charge in [0.2, 0.25) is 0 Å². The van der Waals surface area contributed by atoms with Gasteiger partial charge in [0.05, 0.1) is 12.0 Å². The number of thioether (sulfide) groups is 1. The summed E-state index contributed by atoms with van der Waals surface area (Å²) in [4.78, 5) is 12.3. The summed E-state index contributed by atoms with van der Waals surface area (Å²) in [6.07, 6.45) is 1.85. The highest BCUT2D eigenvalue weighted by Crippen LogP contribution is 2.18. The largest absolute Gasteiger partial charge is 0.481 e. The van der Waals surface area contributed by atoms with Crippen molar-refractivity contribution in [3.63, 3.8) is 0 Å². The average Bonchev–Trinajstić information content (AvgIpc) is 3.04. The molecule has 1 aromatic carbocycles. The first-order valence-corrected chi connectivity index (χ1v) is 9.36. The number of carbonyl (C=O) groups is 1. The number of nitrogens with one attached hydrogen (secondary N) is 1. The molecule has 0 aliphatic carbocycles. The molecule has 1 atom stereocenters. The SMILES string of the molecule is CCC(Oc1cc(C)cc(C)c1)C(=O)NCCSCc1ccco1. The van der Waals surface area contributed by atoms with Crippen LogP contribution < -0.4 is 10.1 Å². The Hall–Kier alpha value is -1.88. The molecule has 24 heavy (non-hydrogen) atoms. The molecule has 0 saturated heterocycles. The Labute approximate surface area is 148 Å². The fourth-order valence-electron chi connectivity index (χ4n) is 2.42. The van der Waals surface area contributed by atoms with Crippen molar-refractivity contribution in [1.82, 2.24) is 5.32 Å². The van der Waals surface area contributed by atoms with E-state index in [1.807, 2.05) is 45.0 Å².